The highest BCUT2D eigenvalue weighted by molar-refractivity contribution is 8.16. The van der Waals surface area contributed by atoms with Gasteiger partial charge in [-0.05, 0) is 11.5 Å². The van der Waals surface area contributed by atoms with Crippen LogP contribution in [0.1, 0.15) is 6.42 Å². The van der Waals surface area contributed by atoms with Crippen molar-refractivity contribution in [2.45, 2.75) is 6.42 Å². The molecule has 0 unspecified atom stereocenters. The van der Waals surface area contributed by atoms with Gasteiger partial charge in [0.2, 0.25) is 0 Å². The van der Waals surface area contributed by atoms with Gasteiger partial charge in [0.15, 0.2) is 0 Å². The minimum atomic E-state index is 0.515. The third-order valence-electron chi connectivity index (χ3n) is 0.831. The summed E-state index contributed by atoms with van der Waals surface area (Å²) in [6.45, 7) is 0. The van der Waals surface area contributed by atoms with E-state index in [0.29, 0.717) is 17.2 Å². The van der Waals surface area contributed by atoms with Crippen molar-refractivity contribution in [3.8, 4) is 0 Å². The smallest absolute Gasteiger partial charge is 0.0742 e. The average molecular weight is 126 g/mol. The van der Waals surface area contributed by atoms with Crippen LogP contribution in [0.4, 0.5) is 0 Å². The van der Waals surface area contributed by atoms with Gasteiger partial charge in [-0.1, -0.05) is 11.8 Å². The molecule has 0 saturated heterocycles. The van der Waals surface area contributed by atoms with Gasteiger partial charge in [-0.15, -0.1) is 0 Å². The van der Waals surface area contributed by atoms with Gasteiger partial charge in [0.1, 0.15) is 0 Å². The Balaban J connectivity index is 2.68. The van der Waals surface area contributed by atoms with E-state index in [1.807, 2.05) is 0 Å². The predicted molar refractivity (Wildman–Crippen MR) is 36.8 cm³/mol. The zero-order valence-electron chi connectivity index (χ0n) is 4.27. The van der Waals surface area contributed by atoms with Crippen LogP contribution in [0.25, 0.3) is 0 Å². The molecule has 0 aromatic carbocycles. The van der Waals surface area contributed by atoms with E-state index in [1.165, 1.54) is 11.8 Å². The molecule has 1 rings (SSSR count). The Hall–Kier alpha value is -0.570. The Morgan fingerprint density at radius 3 is 2.62 bits per heavy atom. The highest BCUT2D eigenvalue weighted by atomic mass is 32.2. The molecule has 3 heteroatoms. The van der Waals surface area contributed by atoms with Crippen LogP contribution < -0.4 is 0 Å². The van der Waals surface area contributed by atoms with E-state index in [1.54, 1.807) is 11.5 Å². The van der Waals surface area contributed by atoms with Gasteiger partial charge >= 0.3 is 0 Å². The molecule has 0 radical (unpaired) electrons. The summed E-state index contributed by atoms with van der Waals surface area (Å²) < 4.78 is 0. The van der Waals surface area contributed by atoms with Gasteiger partial charge in [-0.3, -0.25) is 5.41 Å². The first-order valence-corrected chi connectivity index (χ1v) is 3.15. The lowest BCUT2D eigenvalue weighted by Gasteiger charge is -2.02. The van der Waals surface area contributed by atoms with E-state index in [4.69, 9.17) is 10.8 Å². The van der Waals surface area contributed by atoms with Crippen molar-refractivity contribution in [2.24, 2.45) is 0 Å². The maximum atomic E-state index is 7.09. The lowest BCUT2D eigenvalue weighted by Crippen LogP contribution is -2.02. The average Bonchev–Trinajstić information content (AvgIpc) is 1.64. The van der Waals surface area contributed by atoms with E-state index in [9.17, 15) is 0 Å². The zero-order chi connectivity index (χ0) is 5.98. The van der Waals surface area contributed by atoms with E-state index in [0.717, 1.165) is 0 Å². The first-order chi connectivity index (χ1) is 3.79. The lowest BCUT2D eigenvalue weighted by atomic mass is 10.3. The van der Waals surface area contributed by atoms with Crippen molar-refractivity contribution in [1.82, 2.24) is 0 Å². The molecule has 1 aliphatic heterocycles. The van der Waals surface area contributed by atoms with Gasteiger partial charge in [0.05, 0.1) is 5.04 Å². The Labute approximate surface area is 52.0 Å². The predicted octanol–water partition coefficient (Wildman–Crippen LogP) is 1.63. The summed E-state index contributed by atoms with van der Waals surface area (Å²) in [7, 11) is 0. The Morgan fingerprint density at radius 1 is 1.50 bits per heavy atom. The third-order valence-corrected chi connectivity index (χ3v) is 1.53. The summed E-state index contributed by atoms with van der Waals surface area (Å²) in [5.74, 6) is 0. The highest BCUT2D eigenvalue weighted by Gasteiger charge is 2.02. The van der Waals surface area contributed by atoms with Crippen molar-refractivity contribution in [2.75, 3.05) is 0 Å². The second kappa shape index (κ2) is 2.13. The van der Waals surface area contributed by atoms with Crippen molar-refractivity contribution < 1.29 is 0 Å². The van der Waals surface area contributed by atoms with Crippen LogP contribution in [-0.2, 0) is 0 Å². The molecular weight excluding hydrogens is 120 g/mol. The van der Waals surface area contributed by atoms with E-state index in [2.05, 4.69) is 0 Å². The molecule has 1 heterocycles. The molecule has 0 fully saturated rings. The third kappa shape index (κ3) is 1.20. The molecule has 0 saturated carbocycles. The second-order valence-electron chi connectivity index (χ2n) is 1.55. The quantitative estimate of drug-likeness (QED) is 0.509. The standard InChI is InChI=1S/C5H6N2S/c6-4-1-2-8-5(7)3-4/h1-2,6-7H,3H2. The number of allylic oxidation sites excluding steroid dienone is 1. The molecule has 2 nitrogen and oxygen atoms in total. The molecule has 1 aliphatic rings. The summed E-state index contributed by atoms with van der Waals surface area (Å²) in [5, 5.41) is 16.5. The zero-order valence-corrected chi connectivity index (χ0v) is 5.09. The minimum Gasteiger partial charge on any atom is -0.305 e. The van der Waals surface area contributed by atoms with Crippen molar-refractivity contribution in [3.63, 3.8) is 0 Å². The first kappa shape index (κ1) is 5.56. The molecule has 42 valence electrons. The Bertz CT molecular complexity index is 160. The normalized spacial score (nSPS) is 19.5. The van der Waals surface area contributed by atoms with E-state index in [-0.39, 0.29) is 0 Å². The van der Waals surface area contributed by atoms with Crippen LogP contribution in [-0.4, -0.2) is 10.8 Å². The maximum absolute atomic E-state index is 7.09. The van der Waals surface area contributed by atoms with Gasteiger partial charge < -0.3 is 5.41 Å². The summed E-state index contributed by atoms with van der Waals surface area (Å²) in [5.41, 5.74) is 0.536. The molecule has 0 aromatic rings. The Kier molecular flexibility index (Phi) is 1.48. The molecule has 0 amide bonds. The van der Waals surface area contributed by atoms with E-state index >= 15 is 0 Å². The molecule has 8 heavy (non-hydrogen) atoms. The number of hydrogen-bond acceptors (Lipinski definition) is 3. The van der Waals surface area contributed by atoms with Crippen molar-refractivity contribution in [1.29, 1.82) is 10.8 Å². The highest BCUT2D eigenvalue weighted by Crippen LogP contribution is 2.13. The fourth-order valence-electron chi connectivity index (χ4n) is 0.472. The fourth-order valence-corrected chi connectivity index (χ4v) is 1.11. The molecule has 0 aliphatic carbocycles. The molecule has 2 N–H and O–H groups in total. The van der Waals surface area contributed by atoms with Crippen LogP contribution >= 0.6 is 11.8 Å². The molecule has 0 spiro atoms. The Morgan fingerprint density at radius 2 is 2.25 bits per heavy atom. The van der Waals surface area contributed by atoms with Crippen LogP contribution in [0.5, 0.6) is 0 Å². The van der Waals surface area contributed by atoms with Crippen LogP contribution in [0.15, 0.2) is 11.5 Å². The molecule has 0 aromatic heterocycles. The molecule has 0 bridgehead atoms. The monoisotopic (exact) mass is 126 g/mol. The summed E-state index contributed by atoms with van der Waals surface area (Å²) in [6, 6.07) is 0. The number of thioether (sulfide) groups is 1. The van der Waals surface area contributed by atoms with E-state index < -0.39 is 0 Å². The van der Waals surface area contributed by atoms with Gasteiger partial charge in [0.25, 0.3) is 0 Å². The van der Waals surface area contributed by atoms with Gasteiger partial charge in [0, 0.05) is 12.1 Å². The summed E-state index contributed by atoms with van der Waals surface area (Å²) >= 11 is 1.38. The number of nitrogens with one attached hydrogen (secondary N) is 2. The van der Waals surface area contributed by atoms with Crippen molar-refractivity contribution in [3.05, 3.63) is 11.5 Å². The maximum Gasteiger partial charge on any atom is 0.0742 e. The number of hydrogen-bond donors (Lipinski definition) is 2. The molecular formula is C5H6N2S. The first-order valence-electron chi connectivity index (χ1n) is 2.27. The molecule has 0 atom stereocenters. The van der Waals surface area contributed by atoms with Crippen molar-refractivity contribution >= 4 is 22.5 Å². The fraction of sp³-hybridized carbons (Fsp3) is 0.200. The summed E-state index contributed by atoms with van der Waals surface area (Å²) in [4.78, 5) is 0. The topological polar surface area (TPSA) is 47.7 Å². The largest absolute Gasteiger partial charge is 0.305 e. The minimum absolute atomic E-state index is 0.515. The second-order valence-corrected chi connectivity index (χ2v) is 2.55. The van der Waals surface area contributed by atoms with Crippen LogP contribution in [0, 0.1) is 10.8 Å². The van der Waals surface area contributed by atoms with Crippen LogP contribution in [0.3, 0.4) is 0 Å². The van der Waals surface area contributed by atoms with Crippen LogP contribution in [0.2, 0.25) is 0 Å². The number of rotatable bonds is 0. The van der Waals surface area contributed by atoms with Gasteiger partial charge in [-0.25, -0.2) is 0 Å². The van der Waals surface area contributed by atoms with Gasteiger partial charge in [-0.2, -0.15) is 0 Å². The SMILES string of the molecule is N=C1C=CSC(=N)C1. The lowest BCUT2D eigenvalue weighted by molar-refractivity contribution is 1.40. The summed E-state index contributed by atoms with van der Waals surface area (Å²) in [6.07, 6.45) is 2.24.